The van der Waals surface area contributed by atoms with Crippen LogP contribution in [0, 0.1) is 0 Å². The van der Waals surface area contributed by atoms with E-state index in [1.807, 2.05) is 38.4 Å². The maximum atomic E-state index is 12.2. The van der Waals surface area contributed by atoms with Gasteiger partial charge in [-0.1, -0.05) is 35.0 Å². The van der Waals surface area contributed by atoms with Gasteiger partial charge in [-0.25, -0.2) is 0 Å². The van der Waals surface area contributed by atoms with Crippen molar-refractivity contribution in [1.29, 1.82) is 0 Å². The molecular formula is C16H19ClN4O. The van der Waals surface area contributed by atoms with E-state index >= 15 is 0 Å². The van der Waals surface area contributed by atoms with Crippen LogP contribution in [0.5, 0.6) is 0 Å². The number of carbonyl (C=O) groups is 1. The van der Waals surface area contributed by atoms with Gasteiger partial charge in [-0.3, -0.25) is 9.48 Å². The Morgan fingerprint density at radius 3 is 2.82 bits per heavy atom. The number of amides is 1. The lowest BCUT2D eigenvalue weighted by Gasteiger charge is -2.12. The Kier molecular flexibility index (Phi) is 5.33. The highest BCUT2D eigenvalue weighted by Gasteiger charge is 2.12. The minimum Gasteiger partial charge on any atom is -0.349 e. The van der Waals surface area contributed by atoms with Gasteiger partial charge in [-0.15, -0.1) is 5.10 Å². The first-order valence-electron chi connectivity index (χ1n) is 7.04. The highest BCUT2D eigenvalue weighted by atomic mass is 35.5. The van der Waals surface area contributed by atoms with Crippen molar-refractivity contribution in [1.82, 2.24) is 20.3 Å². The molecule has 0 radical (unpaired) electrons. The largest absolute Gasteiger partial charge is 0.349 e. The molecule has 1 aromatic carbocycles. The summed E-state index contributed by atoms with van der Waals surface area (Å²) in [5.41, 5.74) is 2.29. The van der Waals surface area contributed by atoms with E-state index < -0.39 is 0 Å². The molecule has 1 heterocycles. The molecule has 0 fully saturated rings. The van der Waals surface area contributed by atoms with Crippen LogP contribution in [0.3, 0.4) is 0 Å². The van der Waals surface area contributed by atoms with Gasteiger partial charge in [0.05, 0.1) is 5.69 Å². The van der Waals surface area contributed by atoms with Crippen LogP contribution in [-0.2, 0) is 18.3 Å². The SMILES string of the molecule is C/C(=C\c1ccccc1Cl)C(=O)N[C@H](C)Cc1cn(C)nn1. The molecule has 0 aliphatic heterocycles. The Labute approximate surface area is 135 Å². The molecule has 1 N–H and O–H groups in total. The Morgan fingerprint density at radius 2 is 2.18 bits per heavy atom. The van der Waals surface area contributed by atoms with Crippen LogP contribution >= 0.6 is 11.6 Å². The molecule has 0 aliphatic carbocycles. The molecule has 1 atom stereocenters. The Bertz CT molecular complexity index is 693. The van der Waals surface area contributed by atoms with Gasteiger partial charge < -0.3 is 5.32 Å². The summed E-state index contributed by atoms with van der Waals surface area (Å²) in [6.45, 7) is 3.71. The zero-order chi connectivity index (χ0) is 16.1. The molecule has 0 bridgehead atoms. The van der Waals surface area contributed by atoms with Gasteiger partial charge in [0, 0.05) is 36.3 Å². The molecule has 1 amide bonds. The highest BCUT2D eigenvalue weighted by molar-refractivity contribution is 6.32. The van der Waals surface area contributed by atoms with Gasteiger partial charge in [0.15, 0.2) is 0 Å². The third-order valence-electron chi connectivity index (χ3n) is 3.18. The average molecular weight is 319 g/mol. The normalized spacial score (nSPS) is 13.0. The summed E-state index contributed by atoms with van der Waals surface area (Å²) in [6.07, 6.45) is 4.26. The van der Waals surface area contributed by atoms with Crippen molar-refractivity contribution >= 4 is 23.6 Å². The van der Waals surface area contributed by atoms with E-state index in [0.29, 0.717) is 17.0 Å². The second kappa shape index (κ2) is 7.22. The lowest BCUT2D eigenvalue weighted by atomic mass is 10.1. The fraction of sp³-hybridized carbons (Fsp3) is 0.312. The number of nitrogens with zero attached hydrogens (tertiary/aromatic N) is 3. The van der Waals surface area contributed by atoms with Gasteiger partial charge >= 0.3 is 0 Å². The summed E-state index contributed by atoms with van der Waals surface area (Å²) >= 11 is 6.09. The van der Waals surface area contributed by atoms with Crippen LogP contribution in [0.1, 0.15) is 25.1 Å². The van der Waals surface area contributed by atoms with Gasteiger partial charge in [0.25, 0.3) is 0 Å². The van der Waals surface area contributed by atoms with Gasteiger partial charge in [0.1, 0.15) is 0 Å². The molecular weight excluding hydrogens is 300 g/mol. The van der Waals surface area contributed by atoms with Crippen molar-refractivity contribution in [3.8, 4) is 0 Å². The number of carbonyl (C=O) groups excluding carboxylic acids is 1. The minimum absolute atomic E-state index is 0.0289. The summed E-state index contributed by atoms with van der Waals surface area (Å²) in [7, 11) is 1.82. The van der Waals surface area contributed by atoms with Crippen molar-refractivity contribution in [2.45, 2.75) is 26.3 Å². The standard InChI is InChI=1S/C16H19ClN4O/c1-11(8-13-6-4-5-7-15(13)17)16(22)18-12(2)9-14-10-21(3)20-19-14/h4-8,10,12H,9H2,1-3H3,(H,18,22)/b11-8+/t12-/m1/s1. The predicted octanol–water partition coefficient (Wildman–Crippen LogP) is 2.62. The fourth-order valence-corrected chi connectivity index (χ4v) is 2.27. The zero-order valence-electron chi connectivity index (χ0n) is 12.9. The molecule has 0 saturated carbocycles. The smallest absolute Gasteiger partial charge is 0.247 e. The summed E-state index contributed by atoms with van der Waals surface area (Å²) < 4.78 is 1.65. The monoisotopic (exact) mass is 318 g/mol. The summed E-state index contributed by atoms with van der Waals surface area (Å²) in [5, 5.41) is 11.5. The van der Waals surface area contributed by atoms with E-state index in [0.717, 1.165) is 11.3 Å². The molecule has 22 heavy (non-hydrogen) atoms. The number of benzene rings is 1. The molecule has 2 aromatic rings. The van der Waals surface area contributed by atoms with Crippen LogP contribution in [0.25, 0.3) is 6.08 Å². The minimum atomic E-state index is -0.115. The van der Waals surface area contributed by atoms with E-state index in [4.69, 9.17) is 11.6 Å². The first-order chi connectivity index (χ1) is 10.5. The number of hydrogen-bond acceptors (Lipinski definition) is 3. The Morgan fingerprint density at radius 1 is 1.45 bits per heavy atom. The number of halogens is 1. The number of hydrogen-bond donors (Lipinski definition) is 1. The Balaban J connectivity index is 1.97. The van der Waals surface area contributed by atoms with E-state index in [-0.39, 0.29) is 11.9 Å². The number of nitrogens with one attached hydrogen (secondary N) is 1. The Hall–Kier alpha value is -2.14. The van der Waals surface area contributed by atoms with Crippen molar-refractivity contribution in [3.05, 3.63) is 52.3 Å². The number of aromatic nitrogens is 3. The first kappa shape index (κ1) is 16.2. The van der Waals surface area contributed by atoms with Crippen molar-refractivity contribution < 1.29 is 4.79 Å². The van der Waals surface area contributed by atoms with E-state index in [9.17, 15) is 4.79 Å². The lowest BCUT2D eigenvalue weighted by Crippen LogP contribution is -2.34. The third-order valence-corrected chi connectivity index (χ3v) is 3.52. The molecule has 0 aliphatic rings. The summed E-state index contributed by atoms with van der Waals surface area (Å²) in [5.74, 6) is -0.115. The zero-order valence-corrected chi connectivity index (χ0v) is 13.6. The molecule has 116 valence electrons. The third kappa shape index (κ3) is 4.43. The van der Waals surface area contributed by atoms with Gasteiger partial charge in [-0.05, 0) is 31.6 Å². The number of aryl methyl sites for hydroxylation is 1. The van der Waals surface area contributed by atoms with Gasteiger partial charge in [0.2, 0.25) is 5.91 Å². The second-order valence-corrected chi connectivity index (χ2v) is 5.72. The van der Waals surface area contributed by atoms with E-state index in [1.54, 1.807) is 23.7 Å². The first-order valence-corrected chi connectivity index (χ1v) is 7.42. The van der Waals surface area contributed by atoms with Gasteiger partial charge in [-0.2, -0.15) is 0 Å². The van der Waals surface area contributed by atoms with Crippen LogP contribution in [0.2, 0.25) is 5.02 Å². The molecule has 0 saturated heterocycles. The van der Waals surface area contributed by atoms with Crippen molar-refractivity contribution in [2.75, 3.05) is 0 Å². The van der Waals surface area contributed by atoms with E-state index in [2.05, 4.69) is 15.6 Å². The molecule has 2 rings (SSSR count). The maximum Gasteiger partial charge on any atom is 0.247 e. The number of rotatable bonds is 5. The molecule has 0 unspecified atom stereocenters. The van der Waals surface area contributed by atoms with Crippen LogP contribution in [-0.4, -0.2) is 26.9 Å². The maximum absolute atomic E-state index is 12.2. The van der Waals surface area contributed by atoms with Crippen LogP contribution in [0.15, 0.2) is 36.0 Å². The highest BCUT2D eigenvalue weighted by Crippen LogP contribution is 2.18. The average Bonchev–Trinajstić information content (AvgIpc) is 2.86. The molecule has 5 nitrogen and oxygen atoms in total. The topological polar surface area (TPSA) is 59.8 Å². The second-order valence-electron chi connectivity index (χ2n) is 5.31. The predicted molar refractivity (Wildman–Crippen MR) is 87.4 cm³/mol. The lowest BCUT2D eigenvalue weighted by molar-refractivity contribution is -0.117. The molecule has 0 spiro atoms. The van der Waals surface area contributed by atoms with E-state index in [1.165, 1.54) is 0 Å². The fourth-order valence-electron chi connectivity index (χ4n) is 2.08. The van der Waals surface area contributed by atoms with Crippen molar-refractivity contribution in [2.24, 2.45) is 7.05 Å². The van der Waals surface area contributed by atoms with Crippen LogP contribution in [0.4, 0.5) is 0 Å². The van der Waals surface area contributed by atoms with Crippen LogP contribution < -0.4 is 5.32 Å². The molecule has 1 aromatic heterocycles. The summed E-state index contributed by atoms with van der Waals surface area (Å²) in [4.78, 5) is 12.2. The van der Waals surface area contributed by atoms with Crippen molar-refractivity contribution in [3.63, 3.8) is 0 Å². The quantitative estimate of drug-likeness (QED) is 0.862. The summed E-state index contributed by atoms with van der Waals surface area (Å²) in [6, 6.07) is 7.40. The molecule has 6 heteroatoms.